The predicted octanol–water partition coefficient (Wildman–Crippen LogP) is 2.23. The lowest BCUT2D eigenvalue weighted by molar-refractivity contribution is -0.145. The molecular weight excluding hydrogens is 465 g/mol. The second kappa shape index (κ2) is 10.7. The van der Waals surface area contributed by atoms with Crippen molar-refractivity contribution in [1.82, 2.24) is 4.31 Å². The van der Waals surface area contributed by atoms with E-state index in [-0.39, 0.29) is 18.3 Å². The zero-order valence-corrected chi connectivity index (χ0v) is 20.6. The molecule has 3 unspecified atom stereocenters. The molecule has 1 aliphatic rings. The van der Waals surface area contributed by atoms with Crippen LogP contribution in [0.25, 0.3) is 0 Å². The van der Waals surface area contributed by atoms with Gasteiger partial charge in [-0.1, -0.05) is 38.1 Å². The van der Waals surface area contributed by atoms with E-state index >= 15 is 0 Å². The Labute approximate surface area is 199 Å². The summed E-state index contributed by atoms with van der Waals surface area (Å²) in [4.78, 5) is 20.0. The first-order chi connectivity index (χ1) is 15.7. The van der Waals surface area contributed by atoms with Crippen LogP contribution in [0.15, 0.2) is 46.4 Å². The molecule has 1 aromatic rings. The normalized spacial score (nSPS) is 23.6. The number of rotatable bonds is 9. The molecule has 3 N–H and O–H groups in total. The Morgan fingerprint density at radius 3 is 2.32 bits per heavy atom. The van der Waals surface area contributed by atoms with Crippen molar-refractivity contribution in [1.29, 1.82) is 0 Å². The van der Waals surface area contributed by atoms with Crippen molar-refractivity contribution >= 4 is 28.2 Å². The number of hydrogen-bond donors (Lipinski definition) is 3. The summed E-state index contributed by atoms with van der Waals surface area (Å²) >= 11 is 0. The molecule has 1 aliphatic heterocycles. The molecule has 34 heavy (non-hydrogen) atoms. The number of halogens is 1. The number of aliphatic hydroxyl groups excluding tert-OH is 2. The van der Waals surface area contributed by atoms with Crippen molar-refractivity contribution < 1.29 is 32.9 Å². The Kier molecular flexibility index (Phi) is 8.73. The smallest absolute Gasteiger partial charge is 0.308 e. The molecule has 0 bridgehead atoms. The highest BCUT2D eigenvalue weighted by molar-refractivity contribution is 7.88. The molecule has 188 valence electrons. The summed E-state index contributed by atoms with van der Waals surface area (Å²) in [5.74, 6) is -2.84. The largest absolute Gasteiger partial charge is 0.481 e. The number of guanidine groups is 1. The van der Waals surface area contributed by atoms with Gasteiger partial charge in [-0.25, -0.2) is 27.1 Å². The van der Waals surface area contributed by atoms with Crippen molar-refractivity contribution in [3.8, 4) is 0 Å². The van der Waals surface area contributed by atoms with Gasteiger partial charge < -0.3 is 15.3 Å². The molecule has 1 aromatic carbocycles. The van der Waals surface area contributed by atoms with Crippen molar-refractivity contribution in [2.75, 3.05) is 13.3 Å². The molecule has 9 nitrogen and oxygen atoms in total. The Balaban J connectivity index is 2.50. The van der Waals surface area contributed by atoms with E-state index in [0.717, 1.165) is 10.6 Å². The third-order valence-corrected chi connectivity index (χ3v) is 7.30. The Morgan fingerprint density at radius 1 is 1.24 bits per heavy atom. The maximum absolute atomic E-state index is 13.6. The third-order valence-electron chi connectivity index (χ3n) is 6.14. The van der Waals surface area contributed by atoms with Gasteiger partial charge in [0.15, 0.2) is 0 Å². The number of sulfonamides is 1. The first-order valence-electron chi connectivity index (χ1n) is 10.8. The molecule has 0 radical (unpaired) electrons. The molecular formula is C23H32FN3O6S. The number of carboxylic acids is 1. The van der Waals surface area contributed by atoms with Crippen molar-refractivity contribution in [3.05, 3.63) is 47.8 Å². The maximum Gasteiger partial charge on any atom is 0.308 e. The van der Waals surface area contributed by atoms with E-state index < -0.39 is 51.4 Å². The number of benzene rings is 1. The van der Waals surface area contributed by atoms with Gasteiger partial charge in [0, 0.05) is 19.7 Å². The summed E-state index contributed by atoms with van der Waals surface area (Å²) in [6.45, 7) is 5.16. The lowest BCUT2D eigenvalue weighted by atomic mass is 9.69. The third kappa shape index (κ3) is 6.28. The highest BCUT2D eigenvalue weighted by Crippen LogP contribution is 2.45. The number of carbonyl (C=O) groups is 1. The molecule has 2 rings (SSSR count). The standard InChI is InChI=1S/C23H32FN3O6S/c1-14(2)23(11-10-18(28)12-19(29)15(3)21(30)31)13-25-22(27(4)34(5,32)33)26-20(23)16-6-8-17(24)9-7-16/h6-11,13-15,18-20,28-29H,12H2,1-5H3,(H,30,31)/t15?,18-,19-,20?,23?/m1/s1. The first kappa shape index (κ1) is 27.6. The monoisotopic (exact) mass is 497 g/mol. The zero-order chi connectivity index (χ0) is 25.8. The van der Waals surface area contributed by atoms with Gasteiger partial charge in [-0.05, 0) is 30.5 Å². The van der Waals surface area contributed by atoms with Crippen LogP contribution in [-0.2, 0) is 14.8 Å². The van der Waals surface area contributed by atoms with Crippen molar-refractivity contribution in [2.24, 2.45) is 27.2 Å². The van der Waals surface area contributed by atoms with Crippen LogP contribution in [0.3, 0.4) is 0 Å². The van der Waals surface area contributed by atoms with Crippen molar-refractivity contribution in [2.45, 2.75) is 45.4 Å². The minimum Gasteiger partial charge on any atom is -0.481 e. The molecule has 5 atom stereocenters. The number of carboxylic acid groups (broad SMARTS) is 1. The number of nitrogens with zero attached hydrogens (tertiary/aromatic N) is 3. The molecule has 0 aliphatic carbocycles. The second-order valence-electron chi connectivity index (χ2n) is 8.88. The van der Waals surface area contributed by atoms with Crippen LogP contribution in [0.5, 0.6) is 0 Å². The fourth-order valence-electron chi connectivity index (χ4n) is 3.58. The predicted molar refractivity (Wildman–Crippen MR) is 128 cm³/mol. The highest BCUT2D eigenvalue weighted by atomic mass is 32.2. The fraction of sp³-hybridized carbons (Fsp3) is 0.522. The van der Waals surface area contributed by atoms with E-state index in [4.69, 9.17) is 5.11 Å². The second-order valence-corrected chi connectivity index (χ2v) is 10.9. The van der Waals surface area contributed by atoms with E-state index in [1.807, 2.05) is 13.8 Å². The van der Waals surface area contributed by atoms with Crippen LogP contribution < -0.4 is 0 Å². The van der Waals surface area contributed by atoms with Crippen LogP contribution in [-0.4, -0.2) is 71.7 Å². The van der Waals surface area contributed by atoms with Crippen LogP contribution in [0, 0.1) is 23.1 Å². The number of aliphatic hydroxyl groups is 2. The van der Waals surface area contributed by atoms with Gasteiger partial charge in [-0.3, -0.25) is 4.79 Å². The molecule has 0 amide bonds. The Hall–Kier alpha value is -2.63. The van der Waals surface area contributed by atoms with E-state index in [0.29, 0.717) is 5.56 Å². The van der Waals surface area contributed by atoms with Gasteiger partial charge in [0.25, 0.3) is 0 Å². The maximum atomic E-state index is 13.6. The summed E-state index contributed by atoms with van der Waals surface area (Å²) in [5.41, 5.74) is -0.316. The molecule has 0 aromatic heterocycles. The summed E-state index contributed by atoms with van der Waals surface area (Å²) in [5, 5.41) is 29.6. The van der Waals surface area contributed by atoms with Gasteiger partial charge in [-0.2, -0.15) is 0 Å². The van der Waals surface area contributed by atoms with E-state index in [1.165, 1.54) is 32.2 Å². The number of aliphatic carboxylic acids is 1. The molecule has 0 spiro atoms. The summed E-state index contributed by atoms with van der Waals surface area (Å²) in [7, 11) is -2.30. The van der Waals surface area contributed by atoms with E-state index in [1.54, 1.807) is 24.4 Å². The summed E-state index contributed by atoms with van der Waals surface area (Å²) in [6.07, 6.45) is 3.12. The van der Waals surface area contributed by atoms with E-state index in [9.17, 15) is 27.8 Å². The molecule has 0 saturated carbocycles. The molecule has 0 fully saturated rings. The van der Waals surface area contributed by atoms with Gasteiger partial charge in [0.1, 0.15) is 5.82 Å². The van der Waals surface area contributed by atoms with Crippen LogP contribution in [0.4, 0.5) is 4.39 Å². The van der Waals surface area contributed by atoms with Crippen LogP contribution in [0.2, 0.25) is 0 Å². The highest BCUT2D eigenvalue weighted by Gasteiger charge is 2.42. The van der Waals surface area contributed by atoms with Gasteiger partial charge in [-0.15, -0.1) is 0 Å². The quantitative estimate of drug-likeness (QED) is 0.447. The lowest BCUT2D eigenvalue weighted by Crippen LogP contribution is -2.41. The zero-order valence-electron chi connectivity index (χ0n) is 19.8. The topological polar surface area (TPSA) is 140 Å². The van der Waals surface area contributed by atoms with E-state index in [2.05, 4.69) is 9.98 Å². The number of aliphatic imine (C=N–C) groups is 2. The lowest BCUT2D eigenvalue weighted by Gasteiger charge is -2.40. The molecule has 0 saturated heterocycles. The minimum atomic E-state index is -3.63. The fourth-order valence-corrected chi connectivity index (χ4v) is 3.97. The van der Waals surface area contributed by atoms with Gasteiger partial charge in [0.2, 0.25) is 16.0 Å². The summed E-state index contributed by atoms with van der Waals surface area (Å²) in [6, 6.07) is 4.98. The average Bonchev–Trinajstić information content (AvgIpc) is 2.76. The SMILES string of the molecule is CC(C(=O)O)[C@H](O)C[C@H](O)C=CC1(C(C)C)C=NC(N(C)S(C)(=O)=O)=NC1c1ccc(F)cc1. The minimum absolute atomic E-state index is 0.0345. The van der Waals surface area contributed by atoms with Crippen LogP contribution in [0.1, 0.15) is 38.8 Å². The van der Waals surface area contributed by atoms with Crippen molar-refractivity contribution in [3.63, 3.8) is 0 Å². The Bertz CT molecular complexity index is 1070. The summed E-state index contributed by atoms with van der Waals surface area (Å²) < 4.78 is 38.6. The molecule has 1 heterocycles. The molecule has 11 heteroatoms. The average molecular weight is 498 g/mol. The Morgan fingerprint density at radius 2 is 1.82 bits per heavy atom. The first-order valence-corrected chi connectivity index (χ1v) is 12.6. The number of hydrogen-bond acceptors (Lipinski definition) is 7. The van der Waals surface area contributed by atoms with Gasteiger partial charge in [0.05, 0.1) is 35.8 Å². The van der Waals surface area contributed by atoms with Crippen LogP contribution >= 0.6 is 0 Å². The van der Waals surface area contributed by atoms with Gasteiger partial charge >= 0.3 is 5.97 Å².